The van der Waals surface area contributed by atoms with Gasteiger partial charge in [-0.15, -0.1) is 0 Å². The van der Waals surface area contributed by atoms with Crippen LogP contribution in [0.15, 0.2) is 42.7 Å². The Bertz CT molecular complexity index is 1990. The number of aryl methyl sites for hydroxylation is 1. The molecule has 2 aliphatic carbocycles. The Labute approximate surface area is 258 Å². The number of ether oxygens (including phenoxy) is 1. The highest BCUT2D eigenvalue weighted by Crippen LogP contribution is 2.40. The van der Waals surface area contributed by atoms with Crippen LogP contribution < -0.4 is 21.5 Å². The predicted octanol–water partition coefficient (Wildman–Crippen LogP) is 3.20. The monoisotopic (exact) mass is 606 g/mol. The number of anilines is 2. The minimum Gasteiger partial charge on any atom is -0.494 e. The van der Waals surface area contributed by atoms with Gasteiger partial charge in [0.15, 0.2) is 5.82 Å². The topological polar surface area (TPSA) is 172 Å². The zero-order chi connectivity index (χ0) is 31.0. The zero-order valence-electron chi connectivity index (χ0n) is 25.1. The summed E-state index contributed by atoms with van der Waals surface area (Å²) in [4.78, 5) is 45.1. The maximum atomic E-state index is 13.7. The number of carbonyl (C=O) groups excluding carboxylic acids is 2. The van der Waals surface area contributed by atoms with E-state index in [1.54, 1.807) is 7.11 Å². The summed E-state index contributed by atoms with van der Waals surface area (Å²) in [7, 11) is 3.60. The van der Waals surface area contributed by atoms with Crippen LogP contribution in [0.5, 0.6) is 5.75 Å². The lowest BCUT2D eigenvalue weighted by molar-refractivity contribution is 0.0700. The number of pyridine rings is 1. The van der Waals surface area contributed by atoms with Gasteiger partial charge in [-0.2, -0.15) is 0 Å². The lowest BCUT2D eigenvalue weighted by Crippen LogP contribution is -2.41. The van der Waals surface area contributed by atoms with E-state index in [1.165, 1.54) is 25.2 Å². The second-order valence-electron chi connectivity index (χ2n) is 12.5. The van der Waals surface area contributed by atoms with Crippen LogP contribution in [0.1, 0.15) is 46.7 Å². The van der Waals surface area contributed by atoms with Gasteiger partial charge in [0.1, 0.15) is 22.7 Å². The van der Waals surface area contributed by atoms with Crippen molar-refractivity contribution in [2.75, 3.05) is 19.0 Å². The van der Waals surface area contributed by atoms with Crippen LogP contribution in [-0.4, -0.2) is 71.5 Å². The summed E-state index contributed by atoms with van der Waals surface area (Å²) in [6, 6.07) is 9.87. The van der Waals surface area contributed by atoms with E-state index in [2.05, 4.69) is 25.9 Å². The van der Waals surface area contributed by atoms with Gasteiger partial charge in [0.25, 0.3) is 11.8 Å². The molecular weight excluding hydrogens is 572 g/mol. The molecule has 1 saturated heterocycles. The fourth-order valence-electron chi connectivity index (χ4n) is 7.06. The molecule has 3 aliphatic rings. The van der Waals surface area contributed by atoms with Crippen molar-refractivity contribution in [3.05, 3.63) is 54.1 Å². The molecule has 2 saturated carbocycles. The van der Waals surface area contributed by atoms with Crippen molar-refractivity contribution >= 4 is 45.4 Å². The summed E-state index contributed by atoms with van der Waals surface area (Å²) >= 11 is 0. The van der Waals surface area contributed by atoms with E-state index in [0.717, 1.165) is 47.5 Å². The molecule has 1 aromatic carbocycles. The predicted molar refractivity (Wildman–Crippen MR) is 168 cm³/mol. The van der Waals surface area contributed by atoms with Crippen molar-refractivity contribution in [3.8, 4) is 17.3 Å². The van der Waals surface area contributed by atoms with Crippen LogP contribution in [0, 0.1) is 11.8 Å². The van der Waals surface area contributed by atoms with Crippen LogP contribution >= 0.6 is 0 Å². The Balaban J connectivity index is 1.18. The second-order valence-corrected chi connectivity index (χ2v) is 12.5. The number of imidazole rings is 1. The maximum Gasteiger partial charge on any atom is 0.286 e. The molecule has 5 heterocycles. The van der Waals surface area contributed by atoms with Crippen molar-refractivity contribution in [3.63, 3.8) is 0 Å². The molecule has 2 amide bonds. The number of amides is 2. The molecule has 3 unspecified atom stereocenters. The Hall–Kier alpha value is -5.04. The summed E-state index contributed by atoms with van der Waals surface area (Å²) < 4.78 is 10.1. The van der Waals surface area contributed by atoms with E-state index in [0.29, 0.717) is 46.7 Å². The van der Waals surface area contributed by atoms with Crippen LogP contribution in [0.2, 0.25) is 0 Å². The van der Waals surface area contributed by atoms with E-state index in [4.69, 9.17) is 26.2 Å². The number of hydrogen-bond donors (Lipinski definition) is 3. The number of aromatic nitrogens is 6. The van der Waals surface area contributed by atoms with Crippen LogP contribution in [0.3, 0.4) is 0 Å². The first-order valence-corrected chi connectivity index (χ1v) is 15.3. The van der Waals surface area contributed by atoms with Crippen molar-refractivity contribution in [1.29, 1.82) is 0 Å². The van der Waals surface area contributed by atoms with E-state index in [1.807, 2.05) is 40.8 Å². The number of methoxy groups -OCH3 is 1. The number of nitrogens with zero attached hydrogens (tertiary/aromatic N) is 7. The Kier molecular flexibility index (Phi) is 6.27. The summed E-state index contributed by atoms with van der Waals surface area (Å²) in [6.45, 7) is 1.52. The number of nitrogens with one attached hydrogen (secondary N) is 1. The first-order valence-electron chi connectivity index (χ1n) is 15.3. The highest BCUT2D eigenvalue weighted by molar-refractivity contribution is 6.00. The minimum atomic E-state index is -0.683. The van der Waals surface area contributed by atoms with Gasteiger partial charge in [0, 0.05) is 43.2 Å². The number of carbonyl (C=O) groups is 2. The first kappa shape index (κ1) is 27.5. The molecule has 3 atom stereocenters. The van der Waals surface area contributed by atoms with Crippen molar-refractivity contribution < 1.29 is 14.3 Å². The summed E-state index contributed by atoms with van der Waals surface area (Å²) in [6.07, 6.45) is 7.39. The second kappa shape index (κ2) is 10.3. The number of fused-ring (bicyclic) bond motifs is 4. The molecule has 13 heteroatoms. The highest BCUT2D eigenvalue weighted by atomic mass is 16.5. The fraction of sp³-hybridized carbons (Fsp3) is 0.375. The number of likely N-dealkylation sites (tertiary alicyclic amines) is 1. The first-order chi connectivity index (χ1) is 21.8. The summed E-state index contributed by atoms with van der Waals surface area (Å²) in [5.74, 6) is 2.18. The third kappa shape index (κ3) is 4.57. The standard InChI is InChI=1S/C32H34N10O3/c1-40-27-21(9-19(11-24(27)45-2)32(44)42-15-18-5-7-22(42)26(18)33)38-31(40)23-10-17-6-8-25(39-30(17)41(23)14-16-3-4-16)37-20-12-35-29(28(34)43)36-13-20/h6,8-13,16,18,22,26H,3-5,7,14-15,33H2,1-2H3,(H2,34,43)(H,37,39). The highest BCUT2D eigenvalue weighted by Gasteiger charge is 2.47. The number of benzene rings is 1. The van der Waals surface area contributed by atoms with E-state index in [9.17, 15) is 9.59 Å². The Morgan fingerprint density at radius 1 is 1.07 bits per heavy atom. The number of rotatable bonds is 8. The lowest BCUT2D eigenvalue weighted by atomic mass is 10.1. The number of primary amides is 1. The Morgan fingerprint density at radius 3 is 2.53 bits per heavy atom. The smallest absolute Gasteiger partial charge is 0.286 e. The van der Waals surface area contributed by atoms with E-state index in [-0.39, 0.29) is 23.8 Å². The molecule has 13 nitrogen and oxygen atoms in total. The zero-order valence-corrected chi connectivity index (χ0v) is 25.1. The van der Waals surface area contributed by atoms with Gasteiger partial charge >= 0.3 is 0 Å². The molecule has 5 aromatic rings. The van der Waals surface area contributed by atoms with Gasteiger partial charge in [0.05, 0.1) is 36.4 Å². The largest absolute Gasteiger partial charge is 0.494 e. The molecule has 5 N–H and O–H groups in total. The molecule has 8 rings (SSSR count). The van der Waals surface area contributed by atoms with E-state index >= 15 is 0 Å². The lowest BCUT2D eigenvalue weighted by Gasteiger charge is -2.27. The molecule has 45 heavy (non-hydrogen) atoms. The molecule has 0 spiro atoms. The maximum absolute atomic E-state index is 13.7. The van der Waals surface area contributed by atoms with Gasteiger partial charge in [0.2, 0.25) is 5.82 Å². The minimum absolute atomic E-state index is 0.0215. The van der Waals surface area contributed by atoms with Gasteiger partial charge in [-0.1, -0.05) is 0 Å². The SMILES string of the molecule is COc1cc(C(=O)N2CC3CCC2C3N)cc2nc(-c3cc4ccc(Nc5cnc(C(N)=O)nc5)nc4n3CC3CC3)n(C)c12. The van der Waals surface area contributed by atoms with Crippen molar-refractivity contribution in [2.24, 2.45) is 30.4 Å². The summed E-state index contributed by atoms with van der Waals surface area (Å²) in [5.41, 5.74) is 16.1. The average molecular weight is 607 g/mol. The fourth-order valence-corrected chi connectivity index (χ4v) is 7.06. The van der Waals surface area contributed by atoms with Gasteiger partial charge in [-0.3, -0.25) is 9.59 Å². The molecular formula is C32H34N10O3. The molecule has 3 fully saturated rings. The Morgan fingerprint density at radius 2 is 1.87 bits per heavy atom. The van der Waals surface area contributed by atoms with Gasteiger partial charge < -0.3 is 35.6 Å². The van der Waals surface area contributed by atoms with E-state index < -0.39 is 5.91 Å². The number of nitrogens with two attached hydrogens (primary N) is 2. The quantitative estimate of drug-likeness (QED) is 0.240. The molecule has 230 valence electrons. The average Bonchev–Trinajstić information content (AvgIpc) is 3.45. The molecule has 4 aromatic heterocycles. The molecule has 0 radical (unpaired) electrons. The van der Waals surface area contributed by atoms with Crippen LogP contribution in [-0.2, 0) is 13.6 Å². The van der Waals surface area contributed by atoms with Crippen LogP contribution in [0.4, 0.5) is 11.5 Å². The van der Waals surface area contributed by atoms with Crippen molar-refractivity contribution in [2.45, 2.75) is 44.3 Å². The third-order valence-electron chi connectivity index (χ3n) is 9.57. The van der Waals surface area contributed by atoms with Gasteiger partial charge in [-0.05, 0) is 67.9 Å². The van der Waals surface area contributed by atoms with Crippen molar-refractivity contribution in [1.82, 2.24) is 34.0 Å². The number of piperidine rings is 1. The number of hydrogen-bond acceptors (Lipinski definition) is 9. The summed E-state index contributed by atoms with van der Waals surface area (Å²) in [5, 5.41) is 4.20. The normalized spacial score (nSPS) is 20.8. The van der Waals surface area contributed by atoms with Gasteiger partial charge in [-0.25, -0.2) is 19.9 Å². The molecule has 2 bridgehead atoms. The third-order valence-corrected chi connectivity index (χ3v) is 9.57. The van der Waals surface area contributed by atoms with Crippen LogP contribution in [0.25, 0.3) is 33.6 Å². The molecule has 1 aliphatic heterocycles.